The van der Waals surface area contributed by atoms with Gasteiger partial charge in [-0.15, -0.1) is 13.2 Å². The molecule has 0 bridgehead atoms. The molecule has 0 aliphatic heterocycles. The molecule has 0 saturated heterocycles. The molecule has 2 atom stereocenters. The van der Waals surface area contributed by atoms with E-state index in [4.69, 9.17) is 5.73 Å². The molecule has 0 amide bonds. The summed E-state index contributed by atoms with van der Waals surface area (Å²) in [6, 6.07) is 13.7. The fourth-order valence-corrected chi connectivity index (χ4v) is 2.16. The van der Waals surface area contributed by atoms with Crippen molar-refractivity contribution in [3.05, 3.63) is 65.7 Å². The van der Waals surface area contributed by atoms with Crippen LogP contribution >= 0.6 is 0 Å². The van der Waals surface area contributed by atoms with Gasteiger partial charge in [-0.3, -0.25) is 0 Å². The maximum atomic E-state index is 12.4. The van der Waals surface area contributed by atoms with E-state index in [2.05, 4.69) is 4.74 Å². The molecule has 2 aromatic carbocycles. The van der Waals surface area contributed by atoms with Crippen molar-refractivity contribution in [3.63, 3.8) is 0 Å². The summed E-state index contributed by atoms with van der Waals surface area (Å²) >= 11 is 0. The van der Waals surface area contributed by atoms with Crippen LogP contribution in [0.4, 0.5) is 13.2 Å². The van der Waals surface area contributed by atoms with Gasteiger partial charge < -0.3 is 15.6 Å². The molecule has 0 unspecified atom stereocenters. The lowest BCUT2D eigenvalue weighted by atomic mass is 9.96. The number of aliphatic hydroxyl groups excluding tert-OH is 1. The maximum absolute atomic E-state index is 12.4. The largest absolute Gasteiger partial charge is 0.573 e. The minimum atomic E-state index is -4.81. The van der Waals surface area contributed by atoms with Crippen LogP contribution in [0.25, 0.3) is 0 Å². The van der Waals surface area contributed by atoms with Gasteiger partial charge in [-0.05, 0) is 11.6 Å². The Balaban J connectivity index is 2.16. The van der Waals surface area contributed by atoms with Gasteiger partial charge in [-0.25, -0.2) is 0 Å². The first-order chi connectivity index (χ1) is 10.4. The summed E-state index contributed by atoms with van der Waals surface area (Å²) in [6.07, 6.45) is -5.59. The highest BCUT2D eigenvalue weighted by molar-refractivity contribution is 5.36. The van der Waals surface area contributed by atoms with E-state index >= 15 is 0 Å². The minimum Gasteiger partial charge on any atom is -0.405 e. The zero-order valence-corrected chi connectivity index (χ0v) is 11.6. The Morgan fingerprint density at radius 2 is 1.59 bits per heavy atom. The number of benzene rings is 2. The third-order valence-corrected chi connectivity index (χ3v) is 3.21. The van der Waals surface area contributed by atoms with Gasteiger partial charge in [0, 0.05) is 12.0 Å². The fourth-order valence-electron chi connectivity index (χ4n) is 2.16. The summed E-state index contributed by atoms with van der Waals surface area (Å²) in [6.45, 7) is 0. The lowest BCUT2D eigenvalue weighted by Crippen LogP contribution is -2.29. The highest BCUT2D eigenvalue weighted by Gasteiger charge is 2.33. The van der Waals surface area contributed by atoms with Crippen molar-refractivity contribution in [2.45, 2.75) is 24.9 Å². The lowest BCUT2D eigenvalue weighted by molar-refractivity contribution is -0.275. The Kier molecular flexibility index (Phi) is 5.05. The third-order valence-electron chi connectivity index (χ3n) is 3.21. The van der Waals surface area contributed by atoms with Crippen LogP contribution in [-0.2, 0) is 6.42 Å². The summed E-state index contributed by atoms with van der Waals surface area (Å²) in [5.74, 6) is -0.394. The molecule has 0 fully saturated rings. The molecule has 6 heteroatoms. The highest BCUT2D eigenvalue weighted by atomic mass is 19.4. The average Bonchev–Trinajstić information content (AvgIpc) is 2.46. The van der Waals surface area contributed by atoms with Gasteiger partial charge in [-0.2, -0.15) is 0 Å². The van der Waals surface area contributed by atoms with E-state index in [0.717, 1.165) is 5.56 Å². The van der Waals surface area contributed by atoms with Gasteiger partial charge in [0.25, 0.3) is 0 Å². The molecular formula is C16H16F3NO2. The predicted molar refractivity (Wildman–Crippen MR) is 76.2 cm³/mol. The van der Waals surface area contributed by atoms with Crippen LogP contribution in [0.3, 0.4) is 0 Å². The molecule has 2 aromatic rings. The number of hydrogen-bond donors (Lipinski definition) is 2. The number of aliphatic hydroxyl groups is 1. The summed E-state index contributed by atoms with van der Waals surface area (Å²) in [5.41, 5.74) is 6.87. The van der Waals surface area contributed by atoms with E-state index in [9.17, 15) is 18.3 Å². The van der Waals surface area contributed by atoms with E-state index in [1.165, 1.54) is 18.2 Å². The number of hydrogen-bond acceptors (Lipinski definition) is 3. The van der Waals surface area contributed by atoms with Crippen molar-refractivity contribution in [3.8, 4) is 5.75 Å². The Hall–Kier alpha value is -2.05. The molecule has 0 aromatic heterocycles. The van der Waals surface area contributed by atoms with Crippen LogP contribution in [0.2, 0.25) is 0 Å². The minimum absolute atomic E-state index is 0.114. The van der Waals surface area contributed by atoms with Crippen molar-refractivity contribution >= 4 is 0 Å². The smallest absolute Gasteiger partial charge is 0.405 e. The maximum Gasteiger partial charge on any atom is 0.573 e. The van der Waals surface area contributed by atoms with Crippen LogP contribution in [0.1, 0.15) is 17.2 Å². The number of halogens is 3. The van der Waals surface area contributed by atoms with E-state index in [1.54, 1.807) is 6.07 Å². The molecule has 0 saturated carbocycles. The standard InChI is InChI=1S/C16H16F3NO2/c17-16(18,19)22-14-9-5-4-8-12(14)15(20)13(21)10-11-6-2-1-3-7-11/h1-9,13,15,21H,10,20H2/t13-,15+/m1/s1. The SMILES string of the molecule is N[C@@H](c1ccccc1OC(F)(F)F)[C@H](O)Cc1ccccc1. The Morgan fingerprint density at radius 1 is 1.00 bits per heavy atom. The fraction of sp³-hybridized carbons (Fsp3) is 0.250. The molecule has 0 aliphatic carbocycles. The highest BCUT2D eigenvalue weighted by Crippen LogP contribution is 2.31. The van der Waals surface area contributed by atoms with E-state index in [-0.39, 0.29) is 12.0 Å². The molecule has 0 aliphatic rings. The second-order valence-electron chi connectivity index (χ2n) is 4.87. The first-order valence-corrected chi connectivity index (χ1v) is 6.69. The van der Waals surface area contributed by atoms with E-state index in [0.29, 0.717) is 0 Å². The predicted octanol–water partition coefficient (Wildman–Crippen LogP) is 3.19. The second kappa shape index (κ2) is 6.81. The normalized spacial score (nSPS) is 14.4. The number of ether oxygens (including phenoxy) is 1. The second-order valence-corrected chi connectivity index (χ2v) is 4.87. The van der Waals surface area contributed by atoms with Crippen LogP contribution in [0.5, 0.6) is 5.75 Å². The van der Waals surface area contributed by atoms with Crippen LogP contribution < -0.4 is 10.5 Å². The van der Waals surface area contributed by atoms with Gasteiger partial charge in [0.1, 0.15) is 5.75 Å². The number of alkyl halides is 3. The first kappa shape index (κ1) is 16.3. The average molecular weight is 311 g/mol. The summed E-state index contributed by atoms with van der Waals surface area (Å²) < 4.78 is 41.2. The van der Waals surface area contributed by atoms with E-state index < -0.39 is 24.3 Å². The van der Waals surface area contributed by atoms with Crippen molar-refractivity contribution < 1.29 is 23.0 Å². The van der Waals surface area contributed by atoms with E-state index in [1.807, 2.05) is 30.3 Å². The third kappa shape index (κ3) is 4.47. The number of para-hydroxylation sites is 1. The zero-order valence-electron chi connectivity index (χ0n) is 11.6. The molecule has 0 heterocycles. The molecule has 3 nitrogen and oxygen atoms in total. The summed E-state index contributed by atoms with van der Waals surface area (Å²) in [7, 11) is 0. The van der Waals surface area contributed by atoms with Gasteiger partial charge >= 0.3 is 6.36 Å². The monoisotopic (exact) mass is 311 g/mol. The quantitative estimate of drug-likeness (QED) is 0.891. The number of rotatable bonds is 5. The lowest BCUT2D eigenvalue weighted by Gasteiger charge is -2.22. The molecular weight excluding hydrogens is 295 g/mol. The van der Waals surface area contributed by atoms with Gasteiger partial charge in [0.15, 0.2) is 0 Å². The Morgan fingerprint density at radius 3 is 2.23 bits per heavy atom. The van der Waals surface area contributed by atoms with Crippen molar-refractivity contribution in [1.82, 2.24) is 0 Å². The Labute approximate surface area is 126 Å². The number of nitrogens with two attached hydrogens (primary N) is 1. The van der Waals surface area contributed by atoms with Crippen molar-refractivity contribution in [1.29, 1.82) is 0 Å². The van der Waals surface area contributed by atoms with Gasteiger partial charge in [0.2, 0.25) is 0 Å². The Bertz CT molecular complexity index is 602. The molecule has 22 heavy (non-hydrogen) atoms. The zero-order chi connectivity index (χ0) is 16.2. The van der Waals surface area contributed by atoms with Crippen molar-refractivity contribution in [2.24, 2.45) is 5.73 Å². The topological polar surface area (TPSA) is 55.5 Å². The molecule has 2 rings (SSSR count). The molecule has 3 N–H and O–H groups in total. The first-order valence-electron chi connectivity index (χ1n) is 6.69. The summed E-state index contributed by atoms with van der Waals surface area (Å²) in [4.78, 5) is 0. The van der Waals surface area contributed by atoms with Crippen molar-refractivity contribution in [2.75, 3.05) is 0 Å². The van der Waals surface area contributed by atoms with Crippen LogP contribution in [0, 0.1) is 0 Å². The summed E-state index contributed by atoms with van der Waals surface area (Å²) in [5, 5.41) is 10.2. The van der Waals surface area contributed by atoms with Gasteiger partial charge in [0.05, 0.1) is 12.1 Å². The van der Waals surface area contributed by atoms with Crippen LogP contribution in [-0.4, -0.2) is 17.6 Å². The molecule has 0 spiro atoms. The molecule has 118 valence electrons. The molecule has 0 radical (unpaired) electrons. The van der Waals surface area contributed by atoms with Crippen LogP contribution in [0.15, 0.2) is 54.6 Å². The van der Waals surface area contributed by atoms with Gasteiger partial charge in [-0.1, -0.05) is 48.5 Å².